The Labute approximate surface area is 665 Å². The molecule has 19 heteroatoms. The molecule has 0 heterocycles. The number of phosphoric acid groups is 2. The highest BCUT2D eigenvalue weighted by molar-refractivity contribution is 7.47. The molecule has 110 heavy (non-hydrogen) atoms. The third-order valence-corrected chi connectivity index (χ3v) is 18.1. The molecule has 0 aliphatic rings. The van der Waals surface area contributed by atoms with Gasteiger partial charge in [0.2, 0.25) is 0 Å². The monoisotopic (exact) mass is 1570 g/mol. The minimum Gasteiger partial charge on any atom is -0.462 e. The van der Waals surface area contributed by atoms with E-state index in [9.17, 15) is 43.2 Å². The molecule has 620 valence electrons. The zero-order chi connectivity index (χ0) is 80.3. The van der Waals surface area contributed by atoms with Gasteiger partial charge in [-0.3, -0.25) is 37.3 Å². The normalized spacial score (nSPS) is 14.9. The molecule has 0 spiro atoms. The molecule has 0 saturated heterocycles. The molecular formula is C91H144O17P2. The van der Waals surface area contributed by atoms with Gasteiger partial charge in [0.15, 0.2) is 12.2 Å². The van der Waals surface area contributed by atoms with Gasteiger partial charge in [0.1, 0.15) is 19.3 Å². The first kappa shape index (κ1) is 104. The fourth-order valence-electron chi connectivity index (χ4n) is 9.97. The summed E-state index contributed by atoms with van der Waals surface area (Å²) < 4.78 is 68.4. The van der Waals surface area contributed by atoms with E-state index in [4.69, 9.17) is 37.0 Å². The Morgan fingerprint density at radius 3 is 0.809 bits per heavy atom. The van der Waals surface area contributed by atoms with Crippen LogP contribution >= 0.6 is 15.6 Å². The molecule has 3 N–H and O–H groups in total. The van der Waals surface area contributed by atoms with E-state index in [0.29, 0.717) is 44.9 Å². The van der Waals surface area contributed by atoms with Gasteiger partial charge in [-0.05, 0) is 167 Å². The maximum Gasteiger partial charge on any atom is 0.472 e. The summed E-state index contributed by atoms with van der Waals surface area (Å²) in [4.78, 5) is 73.0. The molecule has 0 aliphatic heterocycles. The van der Waals surface area contributed by atoms with Crippen LogP contribution in [0.25, 0.3) is 0 Å². The van der Waals surface area contributed by atoms with Crippen LogP contribution in [-0.4, -0.2) is 96.7 Å². The van der Waals surface area contributed by atoms with Crippen molar-refractivity contribution in [1.29, 1.82) is 0 Å². The van der Waals surface area contributed by atoms with E-state index in [1.165, 1.54) is 64.2 Å². The van der Waals surface area contributed by atoms with Crippen molar-refractivity contribution in [2.45, 2.75) is 303 Å². The highest BCUT2D eigenvalue weighted by Gasteiger charge is 2.30. The van der Waals surface area contributed by atoms with Crippen LogP contribution in [0.4, 0.5) is 0 Å². The predicted molar refractivity (Wildman–Crippen MR) is 454 cm³/mol. The fourth-order valence-corrected chi connectivity index (χ4v) is 11.5. The Kier molecular flexibility index (Phi) is 76.0. The number of aliphatic hydroxyl groups excluding tert-OH is 1. The SMILES string of the molecule is CC/C=C\C/C=C\C/C=C\C/C=C\C/C=C\C/C=C\CCC(=O)OC[C@H](COP(=O)(O)OC[C@@H](O)COP(=O)(O)OC[C@@H](COC(=O)CC/C=C\C/C=C\C/C=C\C/C=C\C/C=C\CCCCC)OC(=O)CC/C=C\C/C=C\C/C=C\C/C=C\C/C=C\CCCCC)OC(=O)CCCCCCC/C=C\CCCCCC. The van der Waals surface area contributed by atoms with Crippen molar-refractivity contribution < 1.29 is 80.2 Å². The molecular weight excluding hydrogens is 1430 g/mol. The maximum absolute atomic E-state index is 13.1. The van der Waals surface area contributed by atoms with Gasteiger partial charge >= 0.3 is 39.5 Å². The van der Waals surface area contributed by atoms with E-state index in [-0.39, 0.29) is 25.7 Å². The van der Waals surface area contributed by atoms with Crippen LogP contribution in [-0.2, 0) is 65.4 Å². The lowest BCUT2D eigenvalue weighted by Gasteiger charge is -2.21. The van der Waals surface area contributed by atoms with Crippen molar-refractivity contribution in [1.82, 2.24) is 0 Å². The quantitative estimate of drug-likeness (QED) is 0.0169. The lowest BCUT2D eigenvalue weighted by atomic mass is 10.1. The standard InChI is InChI=1S/C91H144O17P2/c1-5-9-13-17-21-25-29-33-36-39-42-45-48-52-55-59-63-67-71-75-88(93)101-81-86(107-90(95)77-73-69-65-61-57-51-32-28-24-20-16-12-8-4)83-105-109(97,98)103-79-85(92)80-104-110(99,100)106-84-87(108-91(96)78-74-70-66-62-58-54-50-47-44-41-38-35-31-27-23-19-15-11-7-3)82-102-89(94)76-72-68-64-60-56-53-49-46-43-40-37-34-30-26-22-18-14-10-6-2/h9,13,21-23,25-28,32-38,42-47,52-56,58,63-64,66-68,70,85-87,92H,5-8,10-12,14-20,24,29-31,39-41,48-51,57,59-62,65,69,71-84H2,1-4H3,(H,97,98)(H,99,100)/b13-9-,25-21-,26-22-,27-23-,32-28-,36-33-,37-34-,38-35-,45-42-,46-43-,47-44-,55-52-,56-53-,58-54-,67-63-,68-64-,70-66-/t85-,86-,87-/m1/s1. The number of rotatable bonds is 75. The van der Waals surface area contributed by atoms with Crippen molar-refractivity contribution >= 4 is 39.5 Å². The average molecular weight is 1570 g/mol. The second-order valence-electron chi connectivity index (χ2n) is 26.6. The molecule has 0 radical (unpaired) electrons. The third-order valence-electron chi connectivity index (χ3n) is 16.2. The van der Waals surface area contributed by atoms with Crippen molar-refractivity contribution in [2.75, 3.05) is 39.6 Å². The Morgan fingerprint density at radius 2 is 0.491 bits per heavy atom. The van der Waals surface area contributed by atoms with E-state index in [1.54, 1.807) is 0 Å². The van der Waals surface area contributed by atoms with Gasteiger partial charge in [0.05, 0.1) is 26.4 Å². The van der Waals surface area contributed by atoms with Crippen molar-refractivity contribution in [3.05, 3.63) is 207 Å². The summed E-state index contributed by atoms with van der Waals surface area (Å²) >= 11 is 0. The van der Waals surface area contributed by atoms with Crippen LogP contribution in [0.3, 0.4) is 0 Å². The molecule has 0 saturated carbocycles. The average Bonchev–Trinajstić information content (AvgIpc) is 0.942. The molecule has 0 fully saturated rings. The first-order valence-electron chi connectivity index (χ1n) is 41.3. The molecule has 17 nitrogen and oxygen atoms in total. The second-order valence-corrected chi connectivity index (χ2v) is 29.5. The summed E-state index contributed by atoms with van der Waals surface area (Å²) in [7, 11) is -10.1. The Hall–Kier alpha value is -6.36. The Morgan fingerprint density at radius 1 is 0.264 bits per heavy atom. The lowest BCUT2D eigenvalue weighted by Crippen LogP contribution is -2.30. The van der Waals surface area contributed by atoms with Crippen LogP contribution in [0.1, 0.15) is 285 Å². The van der Waals surface area contributed by atoms with E-state index in [1.807, 2.05) is 54.7 Å². The number of ether oxygens (including phenoxy) is 4. The first-order chi connectivity index (χ1) is 53.7. The van der Waals surface area contributed by atoms with E-state index < -0.39 is 97.5 Å². The molecule has 2 unspecified atom stereocenters. The predicted octanol–water partition coefficient (Wildman–Crippen LogP) is 24.7. The summed E-state index contributed by atoms with van der Waals surface area (Å²) in [6, 6.07) is 0. The molecule has 0 aliphatic carbocycles. The number of allylic oxidation sites excluding steroid dienone is 34. The van der Waals surface area contributed by atoms with E-state index >= 15 is 0 Å². The maximum atomic E-state index is 13.1. The number of phosphoric ester groups is 2. The van der Waals surface area contributed by atoms with Gasteiger partial charge in [-0.2, -0.15) is 0 Å². The number of esters is 4. The van der Waals surface area contributed by atoms with E-state index in [0.717, 1.165) is 122 Å². The molecule has 0 aromatic carbocycles. The fraction of sp³-hybridized carbons (Fsp3) is 0.582. The van der Waals surface area contributed by atoms with Crippen LogP contribution < -0.4 is 0 Å². The Balaban J connectivity index is 5.59. The van der Waals surface area contributed by atoms with Crippen LogP contribution in [0.15, 0.2) is 207 Å². The number of carbonyl (C=O) groups excluding carboxylic acids is 4. The molecule has 0 aromatic heterocycles. The van der Waals surface area contributed by atoms with Crippen LogP contribution in [0, 0.1) is 0 Å². The number of carbonyl (C=O) groups is 4. The summed E-state index contributed by atoms with van der Waals surface area (Å²) in [6.07, 6.45) is 101. The molecule has 0 aromatic rings. The van der Waals surface area contributed by atoms with Crippen LogP contribution in [0.2, 0.25) is 0 Å². The van der Waals surface area contributed by atoms with Crippen molar-refractivity contribution in [3.8, 4) is 0 Å². The molecule has 5 atom stereocenters. The summed E-state index contributed by atoms with van der Waals surface area (Å²) in [6.45, 7) is 4.39. The third kappa shape index (κ3) is 79.7. The highest BCUT2D eigenvalue weighted by Crippen LogP contribution is 2.45. The Bertz CT molecular complexity index is 2900. The second kappa shape index (κ2) is 80.7. The minimum absolute atomic E-state index is 0.0127. The smallest absolute Gasteiger partial charge is 0.462 e. The van der Waals surface area contributed by atoms with Gasteiger partial charge in [-0.15, -0.1) is 0 Å². The zero-order valence-corrected chi connectivity index (χ0v) is 69.6. The van der Waals surface area contributed by atoms with Gasteiger partial charge < -0.3 is 33.8 Å². The van der Waals surface area contributed by atoms with E-state index in [2.05, 4.69) is 180 Å². The summed E-state index contributed by atoms with van der Waals surface area (Å²) in [5.74, 6) is -2.50. The molecule has 0 rings (SSSR count). The van der Waals surface area contributed by atoms with Gasteiger partial charge in [0.25, 0.3) is 0 Å². The van der Waals surface area contributed by atoms with Crippen LogP contribution in [0.5, 0.6) is 0 Å². The number of unbranched alkanes of at least 4 members (excludes halogenated alkanes) is 15. The van der Waals surface area contributed by atoms with Gasteiger partial charge in [-0.1, -0.05) is 298 Å². The summed E-state index contributed by atoms with van der Waals surface area (Å²) in [5, 5.41) is 10.7. The highest BCUT2D eigenvalue weighted by atomic mass is 31.2. The number of hydrogen-bond donors (Lipinski definition) is 3. The van der Waals surface area contributed by atoms with Gasteiger partial charge in [-0.25, -0.2) is 9.13 Å². The van der Waals surface area contributed by atoms with Crippen molar-refractivity contribution in [2.24, 2.45) is 0 Å². The number of aliphatic hydroxyl groups is 1. The molecule has 0 amide bonds. The minimum atomic E-state index is -5.03. The summed E-state index contributed by atoms with van der Waals surface area (Å²) in [5.41, 5.74) is 0. The molecule has 0 bridgehead atoms. The topological polar surface area (TPSA) is 237 Å². The number of hydrogen-bond acceptors (Lipinski definition) is 15. The largest absolute Gasteiger partial charge is 0.472 e. The van der Waals surface area contributed by atoms with Gasteiger partial charge in [0, 0.05) is 25.7 Å². The first-order valence-corrected chi connectivity index (χ1v) is 44.3. The lowest BCUT2D eigenvalue weighted by molar-refractivity contribution is -0.161. The van der Waals surface area contributed by atoms with Crippen molar-refractivity contribution in [3.63, 3.8) is 0 Å². The zero-order valence-electron chi connectivity index (χ0n) is 67.8.